The van der Waals surface area contributed by atoms with Crippen LogP contribution in [-0.2, 0) is 4.74 Å². The number of hydrogen-bond donors (Lipinski definition) is 3. The molecule has 0 aliphatic rings. The van der Waals surface area contributed by atoms with Crippen LogP contribution in [0.1, 0.15) is 6.42 Å². The van der Waals surface area contributed by atoms with E-state index in [1.54, 1.807) is 7.11 Å². The number of anilines is 1. The Balaban J connectivity index is 2.76. The summed E-state index contributed by atoms with van der Waals surface area (Å²) in [4.78, 5) is 17.9. The first kappa shape index (κ1) is 13.4. The summed E-state index contributed by atoms with van der Waals surface area (Å²) in [7, 11) is 1.63. The highest BCUT2D eigenvalue weighted by atomic mass is 127. The predicted octanol–water partition coefficient (Wildman–Crippen LogP) is 0.150. The van der Waals surface area contributed by atoms with Gasteiger partial charge in [0.1, 0.15) is 9.39 Å². The normalized spacial score (nSPS) is 12.4. The molecule has 1 atom stereocenters. The van der Waals surface area contributed by atoms with Gasteiger partial charge in [0.2, 0.25) is 0 Å². The van der Waals surface area contributed by atoms with Crippen molar-refractivity contribution in [2.75, 3.05) is 25.6 Å². The monoisotopic (exact) mass is 338 g/mol. The van der Waals surface area contributed by atoms with Crippen molar-refractivity contribution < 1.29 is 4.74 Å². The summed E-state index contributed by atoms with van der Waals surface area (Å²) in [6.45, 7) is 1.09. The standard InChI is InChI=1S/C9H15IN4O2/c1-16-4-6(2-3-11)14-8-7(10)9(15)13-5-12-8/h5-6H,2-4,11H2,1H3,(H2,12,13,14,15). The Morgan fingerprint density at radius 3 is 3.12 bits per heavy atom. The average Bonchev–Trinajstić information content (AvgIpc) is 2.25. The molecule has 4 N–H and O–H groups in total. The van der Waals surface area contributed by atoms with E-state index in [-0.39, 0.29) is 11.6 Å². The lowest BCUT2D eigenvalue weighted by atomic mass is 10.2. The number of nitrogens with zero attached hydrogens (tertiary/aromatic N) is 1. The second-order valence-electron chi connectivity index (χ2n) is 3.27. The van der Waals surface area contributed by atoms with Crippen molar-refractivity contribution in [2.24, 2.45) is 5.73 Å². The zero-order chi connectivity index (χ0) is 12.0. The third kappa shape index (κ3) is 3.72. The van der Waals surface area contributed by atoms with E-state index in [4.69, 9.17) is 10.5 Å². The van der Waals surface area contributed by atoms with E-state index in [0.29, 0.717) is 22.5 Å². The summed E-state index contributed by atoms with van der Waals surface area (Å²) in [6.07, 6.45) is 2.14. The third-order valence-corrected chi connectivity index (χ3v) is 3.02. The molecule has 0 spiro atoms. The minimum atomic E-state index is -0.151. The van der Waals surface area contributed by atoms with Crippen molar-refractivity contribution >= 4 is 28.4 Å². The summed E-state index contributed by atoms with van der Waals surface area (Å²) in [6, 6.07) is 0.0674. The number of hydrogen-bond acceptors (Lipinski definition) is 5. The molecule has 0 aliphatic heterocycles. The average molecular weight is 338 g/mol. The molecule has 0 amide bonds. The smallest absolute Gasteiger partial charge is 0.266 e. The van der Waals surface area contributed by atoms with Crippen LogP contribution in [0.5, 0.6) is 0 Å². The molecule has 0 saturated carbocycles. The Kier molecular flexibility index (Phi) is 5.71. The highest BCUT2D eigenvalue weighted by Crippen LogP contribution is 2.11. The molecule has 1 aromatic rings. The molecule has 0 saturated heterocycles. The summed E-state index contributed by atoms with van der Waals surface area (Å²) in [5, 5.41) is 3.15. The lowest BCUT2D eigenvalue weighted by Gasteiger charge is -2.17. The molecule has 0 fully saturated rings. The molecule has 0 radical (unpaired) electrons. The molecule has 16 heavy (non-hydrogen) atoms. The molecule has 0 aliphatic carbocycles. The molecule has 6 nitrogen and oxygen atoms in total. The molecule has 0 bridgehead atoms. The van der Waals surface area contributed by atoms with Gasteiger partial charge in [-0.05, 0) is 35.6 Å². The van der Waals surface area contributed by atoms with Crippen LogP contribution < -0.4 is 16.6 Å². The molecular formula is C9H15IN4O2. The quantitative estimate of drug-likeness (QED) is 0.642. The van der Waals surface area contributed by atoms with Gasteiger partial charge in [0.15, 0.2) is 0 Å². The van der Waals surface area contributed by atoms with Crippen molar-refractivity contribution in [2.45, 2.75) is 12.5 Å². The largest absolute Gasteiger partial charge is 0.383 e. The fourth-order valence-corrected chi connectivity index (χ4v) is 1.73. The SMILES string of the molecule is COCC(CCN)Nc1nc[nH]c(=O)c1I. The third-order valence-electron chi connectivity index (χ3n) is 2.02. The number of nitrogens with one attached hydrogen (secondary N) is 2. The zero-order valence-corrected chi connectivity index (χ0v) is 11.2. The van der Waals surface area contributed by atoms with E-state index in [1.807, 2.05) is 22.6 Å². The number of aromatic amines is 1. The Labute approximate surface area is 107 Å². The topological polar surface area (TPSA) is 93.0 Å². The van der Waals surface area contributed by atoms with Crippen LogP contribution in [0.2, 0.25) is 0 Å². The van der Waals surface area contributed by atoms with Gasteiger partial charge in [0.05, 0.1) is 19.0 Å². The van der Waals surface area contributed by atoms with Crippen LogP contribution in [0.4, 0.5) is 5.82 Å². The van der Waals surface area contributed by atoms with Crippen molar-refractivity contribution in [3.63, 3.8) is 0 Å². The van der Waals surface area contributed by atoms with E-state index in [1.165, 1.54) is 6.33 Å². The van der Waals surface area contributed by atoms with Gasteiger partial charge in [-0.15, -0.1) is 0 Å². The van der Waals surface area contributed by atoms with E-state index in [2.05, 4.69) is 15.3 Å². The van der Waals surface area contributed by atoms with Crippen LogP contribution in [0.25, 0.3) is 0 Å². The van der Waals surface area contributed by atoms with Crippen LogP contribution in [-0.4, -0.2) is 36.3 Å². The number of nitrogens with two attached hydrogens (primary N) is 1. The van der Waals surface area contributed by atoms with Gasteiger partial charge in [-0.2, -0.15) is 0 Å². The van der Waals surface area contributed by atoms with Gasteiger partial charge in [0.25, 0.3) is 5.56 Å². The summed E-state index contributed by atoms with van der Waals surface area (Å²) >= 11 is 1.95. The van der Waals surface area contributed by atoms with Crippen LogP contribution in [0.3, 0.4) is 0 Å². The number of aromatic nitrogens is 2. The van der Waals surface area contributed by atoms with Gasteiger partial charge < -0.3 is 20.8 Å². The molecule has 1 heterocycles. The van der Waals surface area contributed by atoms with Gasteiger partial charge >= 0.3 is 0 Å². The predicted molar refractivity (Wildman–Crippen MR) is 70.5 cm³/mol. The second kappa shape index (κ2) is 6.81. The Morgan fingerprint density at radius 1 is 1.75 bits per heavy atom. The maximum atomic E-state index is 11.3. The first-order valence-corrected chi connectivity index (χ1v) is 5.95. The van der Waals surface area contributed by atoms with E-state index in [0.717, 1.165) is 6.42 Å². The molecular weight excluding hydrogens is 323 g/mol. The lowest BCUT2D eigenvalue weighted by Crippen LogP contribution is -2.29. The number of rotatable bonds is 6. The number of H-pyrrole nitrogens is 1. The summed E-state index contributed by atoms with van der Waals surface area (Å²) in [5.41, 5.74) is 5.34. The fourth-order valence-electron chi connectivity index (χ4n) is 1.28. The van der Waals surface area contributed by atoms with E-state index in [9.17, 15) is 4.79 Å². The van der Waals surface area contributed by atoms with Gasteiger partial charge in [-0.1, -0.05) is 0 Å². The maximum Gasteiger partial charge on any atom is 0.266 e. The number of ether oxygens (including phenoxy) is 1. The number of methoxy groups -OCH3 is 1. The van der Waals surface area contributed by atoms with E-state index < -0.39 is 0 Å². The zero-order valence-electron chi connectivity index (χ0n) is 9.00. The van der Waals surface area contributed by atoms with Crippen LogP contribution >= 0.6 is 22.6 Å². The second-order valence-corrected chi connectivity index (χ2v) is 4.35. The Morgan fingerprint density at radius 2 is 2.50 bits per heavy atom. The van der Waals surface area contributed by atoms with Crippen LogP contribution in [0.15, 0.2) is 11.1 Å². The number of halogens is 1. The maximum absolute atomic E-state index is 11.3. The Hall–Kier alpha value is -0.670. The van der Waals surface area contributed by atoms with Crippen molar-refractivity contribution in [3.05, 3.63) is 20.3 Å². The van der Waals surface area contributed by atoms with Gasteiger partial charge in [-0.3, -0.25) is 4.79 Å². The van der Waals surface area contributed by atoms with Crippen molar-refractivity contribution in [1.29, 1.82) is 0 Å². The van der Waals surface area contributed by atoms with E-state index >= 15 is 0 Å². The van der Waals surface area contributed by atoms with Crippen molar-refractivity contribution in [1.82, 2.24) is 9.97 Å². The van der Waals surface area contributed by atoms with Crippen LogP contribution in [0, 0.1) is 3.57 Å². The first-order valence-electron chi connectivity index (χ1n) is 4.87. The molecule has 1 rings (SSSR count). The molecule has 1 unspecified atom stereocenters. The van der Waals surface area contributed by atoms with Gasteiger partial charge in [-0.25, -0.2) is 4.98 Å². The molecule has 90 valence electrons. The summed E-state index contributed by atoms with van der Waals surface area (Å²) < 4.78 is 5.60. The molecule has 1 aromatic heterocycles. The molecule has 0 aromatic carbocycles. The molecule has 7 heteroatoms. The minimum absolute atomic E-state index is 0.0674. The minimum Gasteiger partial charge on any atom is -0.383 e. The highest BCUT2D eigenvalue weighted by molar-refractivity contribution is 14.1. The first-order chi connectivity index (χ1) is 7.69. The fraction of sp³-hybridized carbons (Fsp3) is 0.556. The highest BCUT2D eigenvalue weighted by Gasteiger charge is 2.11. The van der Waals surface area contributed by atoms with Gasteiger partial charge in [0, 0.05) is 7.11 Å². The Bertz CT molecular complexity index is 376. The van der Waals surface area contributed by atoms with Crippen molar-refractivity contribution in [3.8, 4) is 0 Å². The lowest BCUT2D eigenvalue weighted by molar-refractivity contribution is 0.183. The summed E-state index contributed by atoms with van der Waals surface area (Å²) in [5.74, 6) is 0.569.